The highest BCUT2D eigenvalue weighted by Crippen LogP contribution is 2.42. The van der Waals surface area contributed by atoms with Gasteiger partial charge in [0.2, 0.25) is 0 Å². The molecule has 0 aromatic rings. The third-order valence-corrected chi connectivity index (χ3v) is 3.73. The monoisotopic (exact) mass is 229 g/mol. The highest BCUT2D eigenvalue weighted by atomic mass is 16.5. The lowest BCUT2D eigenvalue weighted by Crippen LogP contribution is -2.58. The van der Waals surface area contributed by atoms with Gasteiger partial charge in [0.25, 0.3) is 0 Å². The minimum atomic E-state index is 0.0603. The molecule has 1 saturated carbocycles. The minimum absolute atomic E-state index is 0.0603. The van der Waals surface area contributed by atoms with Crippen molar-refractivity contribution >= 4 is 0 Å². The molecule has 2 N–H and O–H groups in total. The lowest BCUT2D eigenvalue weighted by molar-refractivity contribution is 0.0124. The molecule has 0 aromatic heterocycles. The van der Waals surface area contributed by atoms with Gasteiger partial charge in [-0.2, -0.15) is 0 Å². The number of hydrogen-bond donors (Lipinski definition) is 1. The Hall–Kier alpha value is -0.160. The van der Waals surface area contributed by atoms with E-state index < -0.39 is 0 Å². The van der Waals surface area contributed by atoms with Gasteiger partial charge in [-0.15, -0.1) is 0 Å². The highest BCUT2D eigenvalue weighted by molar-refractivity contribution is 5.02. The predicted molar refractivity (Wildman–Crippen MR) is 67.6 cm³/mol. The van der Waals surface area contributed by atoms with E-state index in [1.165, 1.54) is 12.8 Å². The summed E-state index contributed by atoms with van der Waals surface area (Å²) in [5, 5.41) is 0. The first-order valence-electron chi connectivity index (χ1n) is 6.12. The molecule has 0 bridgehead atoms. The number of ether oxygens (including phenoxy) is 1. The lowest BCUT2D eigenvalue weighted by Gasteiger charge is -2.41. The van der Waals surface area contributed by atoms with Crippen LogP contribution < -0.4 is 5.73 Å². The number of rotatable bonds is 8. The van der Waals surface area contributed by atoms with Gasteiger partial charge in [-0.1, -0.05) is 0 Å². The molecule has 0 spiro atoms. The predicted octanol–water partition coefficient (Wildman–Crippen LogP) is 0.234. The SMILES string of the molecule is COCC(CN)(C1CC1)N(C)CCN(C)C. The summed E-state index contributed by atoms with van der Waals surface area (Å²) in [5.74, 6) is 0.726. The second kappa shape index (κ2) is 5.96. The van der Waals surface area contributed by atoms with Gasteiger partial charge in [0, 0.05) is 26.7 Å². The van der Waals surface area contributed by atoms with Crippen LogP contribution in [-0.4, -0.2) is 69.8 Å². The summed E-state index contributed by atoms with van der Waals surface area (Å²) in [6, 6.07) is 0. The standard InChI is InChI=1S/C12H27N3O/c1-14(2)7-8-15(3)12(9-13,10-16-4)11-5-6-11/h11H,5-10,13H2,1-4H3. The maximum atomic E-state index is 6.01. The number of hydrogen-bond acceptors (Lipinski definition) is 4. The van der Waals surface area contributed by atoms with Crippen molar-refractivity contribution in [2.45, 2.75) is 18.4 Å². The molecule has 4 heteroatoms. The van der Waals surface area contributed by atoms with Gasteiger partial charge in [-0.25, -0.2) is 0 Å². The molecule has 16 heavy (non-hydrogen) atoms. The number of methoxy groups -OCH3 is 1. The van der Waals surface area contributed by atoms with Gasteiger partial charge >= 0.3 is 0 Å². The van der Waals surface area contributed by atoms with E-state index in [2.05, 4.69) is 30.9 Å². The molecular formula is C12H27N3O. The molecule has 1 rings (SSSR count). The van der Waals surface area contributed by atoms with Crippen LogP contribution in [0.15, 0.2) is 0 Å². The average molecular weight is 229 g/mol. The first-order chi connectivity index (χ1) is 7.56. The van der Waals surface area contributed by atoms with Crippen LogP contribution in [0.3, 0.4) is 0 Å². The van der Waals surface area contributed by atoms with E-state index >= 15 is 0 Å². The largest absolute Gasteiger partial charge is 0.383 e. The molecule has 0 radical (unpaired) electrons. The van der Waals surface area contributed by atoms with E-state index in [9.17, 15) is 0 Å². The van der Waals surface area contributed by atoms with Crippen LogP contribution in [-0.2, 0) is 4.74 Å². The fourth-order valence-corrected chi connectivity index (χ4v) is 2.36. The van der Waals surface area contributed by atoms with E-state index in [1.807, 2.05) is 0 Å². The molecule has 0 saturated heterocycles. The maximum Gasteiger partial charge on any atom is 0.0661 e. The summed E-state index contributed by atoms with van der Waals surface area (Å²) in [6.07, 6.45) is 2.60. The van der Waals surface area contributed by atoms with Gasteiger partial charge in [-0.05, 0) is 39.9 Å². The van der Waals surface area contributed by atoms with Crippen LogP contribution in [0.2, 0.25) is 0 Å². The van der Waals surface area contributed by atoms with Crippen LogP contribution in [0, 0.1) is 5.92 Å². The van der Waals surface area contributed by atoms with Crippen LogP contribution in [0.5, 0.6) is 0 Å². The Kier molecular flexibility index (Phi) is 5.18. The lowest BCUT2D eigenvalue weighted by atomic mass is 9.92. The zero-order valence-electron chi connectivity index (χ0n) is 11.2. The summed E-state index contributed by atoms with van der Waals surface area (Å²) >= 11 is 0. The third-order valence-electron chi connectivity index (χ3n) is 3.73. The first-order valence-corrected chi connectivity index (χ1v) is 6.12. The fourth-order valence-electron chi connectivity index (χ4n) is 2.36. The Morgan fingerprint density at radius 3 is 2.25 bits per heavy atom. The van der Waals surface area contributed by atoms with Gasteiger partial charge in [0.05, 0.1) is 12.1 Å². The summed E-state index contributed by atoms with van der Waals surface area (Å²) in [7, 11) is 8.15. The van der Waals surface area contributed by atoms with Crippen molar-refractivity contribution in [3.63, 3.8) is 0 Å². The third kappa shape index (κ3) is 3.17. The van der Waals surface area contributed by atoms with Crippen molar-refractivity contribution in [1.29, 1.82) is 0 Å². The molecule has 1 unspecified atom stereocenters. The molecular weight excluding hydrogens is 202 g/mol. The highest BCUT2D eigenvalue weighted by Gasteiger charge is 2.46. The fraction of sp³-hybridized carbons (Fsp3) is 1.00. The van der Waals surface area contributed by atoms with Crippen molar-refractivity contribution in [3.05, 3.63) is 0 Å². The Balaban J connectivity index is 2.59. The van der Waals surface area contributed by atoms with E-state index in [-0.39, 0.29) is 5.54 Å². The first kappa shape index (κ1) is 13.9. The van der Waals surface area contributed by atoms with Gasteiger partial charge in [-0.3, -0.25) is 4.90 Å². The van der Waals surface area contributed by atoms with Crippen LogP contribution in [0.1, 0.15) is 12.8 Å². The molecule has 1 atom stereocenters. The summed E-state index contributed by atoms with van der Waals surface area (Å²) in [4.78, 5) is 4.60. The van der Waals surface area contributed by atoms with Crippen molar-refractivity contribution in [2.24, 2.45) is 11.7 Å². The molecule has 0 amide bonds. The topological polar surface area (TPSA) is 41.7 Å². The van der Waals surface area contributed by atoms with Crippen LogP contribution in [0.25, 0.3) is 0 Å². The smallest absolute Gasteiger partial charge is 0.0661 e. The van der Waals surface area contributed by atoms with E-state index in [0.29, 0.717) is 6.54 Å². The van der Waals surface area contributed by atoms with Gasteiger partial charge in [0.15, 0.2) is 0 Å². The van der Waals surface area contributed by atoms with E-state index in [1.54, 1.807) is 7.11 Å². The Morgan fingerprint density at radius 1 is 1.25 bits per heavy atom. The molecule has 1 aliphatic carbocycles. The van der Waals surface area contributed by atoms with Crippen molar-refractivity contribution < 1.29 is 4.74 Å². The molecule has 0 aromatic carbocycles. The minimum Gasteiger partial charge on any atom is -0.383 e. The molecule has 96 valence electrons. The average Bonchev–Trinajstić information content (AvgIpc) is 3.06. The van der Waals surface area contributed by atoms with Crippen molar-refractivity contribution in [3.8, 4) is 0 Å². The summed E-state index contributed by atoms with van der Waals surface area (Å²) in [5.41, 5.74) is 6.07. The Labute approximate surface area is 99.7 Å². The summed E-state index contributed by atoms with van der Waals surface area (Å²) < 4.78 is 5.39. The zero-order valence-corrected chi connectivity index (χ0v) is 11.2. The summed E-state index contributed by atoms with van der Waals surface area (Å²) in [6.45, 7) is 3.55. The maximum absolute atomic E-state index is 6.01. The van der Waals surface area contributed by atoms with Gasteiger partial charge < -0.3 is 15.4 Å². The Morgan fingerprint density at radius 2 is 1.88 bits per heavy atom. The Bertz CT molecular complexity index is 206. The zero-order chi connectivity index (χ0) is 12.2. The number of nitrogens with zero attached hydrogens (tertiary/aromatic N) is 2. The molecule has 1 fully saturated rings. The van der Waals surface area contributed by atoms with Crippen LogP contribution in [0.4, 0.5) is 0 Å². The quantitative estimate of drug-likeness (QED) is 0.647. The van der Waals surface area contributed by atoms with Crippen LogP contribution >= 0.6 is 0 Å². The normalized spacial score (nSPS) is 20.4. The molecule has 0 aliphatic heterocycles. The molecule has 0 heterocycles. The van der Waals surface area contributed by atoms with Gasteiger partial charge in [0.1, 0.15) is 0 Å². The van der Waals surface area contributed by atoms with E-state index in [0.717, 1.165) is 25.6 Å². The van der Waals surface area contributed by atoms with Crippen molar-refractivity contribution in [2.75, 3.05) is 54.5 Å². The second-order valence-corrected chi connectivity index (χ2v) is 5.24. The molecule has 4 nitrogen and oxygen atoms in total. The second-order valence-electron chi connectivity index (χ2n) is 5.24. The van der Waals surface area contributed by atoms with Crippen molar-refractivity contribution in [1.82, 2.24) is 9.80 Å². The number of likely N-dealkylation sites (N-methyl/N-ethyl adjacent to an activating group) is 2. The molecule has 1 aliphatic rings. The van der Waals surface area contributed by atoms with E-state index in [4.69, 9.17) is 10.5 Å². The number of nitrogens with two attached hydrogens (primary N) is 1.